The van der Waals surface area contributed by atoms with Crippen LogP contribution in [0.15, 0.2) is 53.1 Å². The van der Waals surface area contributed by atoms with Crippen LogP contribution in [-0.2, 0) is 17.8 Å². The second-order valence-corrected chi connectivity index (χ2v) is 5.91. The summed E-state index contributed by atoms with van der Waals surface area (Å²) in [6, 6.07) is 13.8. The van der Waals surface area contributed by atoms with Crippen molar-refractivity contribution in [3.05, 3.63) is 65.7 Å². The number of imidazole rings is 1. The molecule has 0 saturated carbocycles. The van der Waals surface area contributed by atoms with Crippen molar-refractivity contribution in [3.8, 4) is 0 Å². The first-order valence-electron chi connectivity index (χ1n) is 7.86. The minimum Gasteiger partial charge on any atom is -0.464 e. The second kappa shape index (κ2) is 5.85. The van der Waals surface area contributed by atoms with Crippen LogP contribution in [0.3, 0.4) is 0 Å². The molecule has 2 heterocycles. The van der Waals surface area contributed by atoms with E-state index in [0.29, 0.717) is 6.54 Å². The van der Waals surface area contributed by atoms with Crippen LogP contribution in [0.1, 0.15) is 17.0 Å². The molecular weight excluding hydrogens is 302 g/mol. The summed E-state index contributed by atoms with van der Waals surface area (Å²) in [5.41, 5.74) is 4.72. The lowest BCUT2D eigenvalue weighted by molar-refractivity contribution is -0.120. The largest absolute Gasteiger partial charge is 0.464 e. The number of amides is 1. The highest BCUT2D eigenvalue weighted by Crippen LogP contribution is 2.22. The number of rotatable bonds is 4. The van der Waals surface area contributed by atoms with Crippen LogP contribution in [0.25, 0.3) is 22.0 Å². The maximum Gasteiger partial charge on any atom is 0.224 e. The Bertz CT molecular complexity index is 996. The molecular formula is C19H17N3O2. The normalized spacial score (nSPS) is 11.2. The first-order chi connectivity index (χ1) is 11.7. The van der Waals surface area contributed by atoms with Gasteiger partial charge in [-0.05, 0) is 30.7 Å². The van der Waals surface area contributed by atoms with Crippen molar-refractivity contribution in [2.45, 2.75) is 19.9 Å². The van der Waals surface area contributed by atoms with Gasteiger partial charge < -0.3 is 14.7 Å². The zero-order chi connectivity index (χ0) is 16.5. The molecule has 1 amide bonds. The summed E-state index contributed by atoms with van der Waals surface area (Å²) >= 11 is 0. The predicted molar refractivity (Wildman–Crippen MR) is 92.6 cm³/mol. The van der Waals surface area contributed by atoms with Crippen LogP contribution < -0.4 is 5.32 Å². The molecule has 2 aromatic carbocycles. The molecule has 0 aliphatic carbocycles. The number of aryl methyl sites for hydroxylation is 1. The second-order valence-electron chi connectivity index (χ2n) is 5.91. The molecule has 0 aliphatic heterocycles. The molecule has 0 saturated heterocycles. The van der Waals surface area contributed by atoms with Crippen molar-refractivity contribution in [3.63, 3.8) is 0 Å². The summed E-state index contributed by atoms with van der Waals surface area (Å²) < 4.78 is 5.53. The average molecular weight is 319 g/mol. The Hall–Kier alpha value is -3.08. The van der Waals surface area contributed by atoms with Gasteiger partial charge in [0.05, 0.1) is 30.3 Å². The van der Waals surface area contributed by atoms with Gasteiger partial charge in [0.15, 0.2) is 0 Å². The van der Waals surface area contributed by atoms with Crippen LogP contribution in [0, 0.1) is 6.92 Å². The van der Waals surface area contributed by atoms with Gasteiger partial charge in [0.25, 0.3) is 0 Å². The Balaban J connectivity index is 1.44. The highest BCUT2D eigenvalue weighted by atomic mass is 16.3. The molecule has 24 heavy (non-hydrogen) atoms. The number of carbonyl (C=O) groups excluding carboxylic acids is 1. The number of nitrogens with zero attached hydrogens (tertiary/aromatic N) is 1. The molecule has 2 aromatic heterocycles. The summed E-state index contributed by atoms with van der Waals surface area (Å²) in [5.74, 6) is 0.691. The van der Waals surface area contributed by atoms with E-state index in [1.807, 2.05) is 49.4 Å². The Kier molecular flexibility index (Phi) is 3.54. The number of nitrogens with one attached hydrogen (secondary N) is 2. The molecule has 0 aliphatic rings. The van der Waals surface area contributed by atoms with E-state index in [9.17, 15) is 4.79 Å². The third-order valence-electron chi connectivity index (χ3n) is 4.05. The standard InChI is InChI=1S/C19H17N3O2/c1-12-6-7-14-13(11-24-17(14)8-12)9-19(23)20-10-18-21-15-4-2-3-5-16(15)22-18/h2-8,11H,9-10H2,1H3,(H,20,23)(H,21,22). The molecule has 0 radical (unpaired) electrons. The Morgan fingerprint density at radius 2 is 2.12 bits per heavy atom. The molecule has 5 nitrogen and oxygen atoms in total. The summed E-state index contributed by atoms with van der Waals surface area (Å²) in [6.45, 7) is 2.39. The number of fused-ring (bicyclic) bond motifs is 2. The van der Waals surface area contributed by atoms with Gasteiger partial charge >= 0.3 is 0 Å². The number of aromatic nitrogens is 2. The molecule has 4 rings (SSSR count). The minimum atomic E-state index is -0.0567. The highest BCUT2D eigenvalue weighted by Gasteiger charge is 2.11. The number of H-pyrrole nitrogens is 1. The number of benzene rings is 2. The number of aromatic amines is 1. The summed E-state index contributed by atoms with van der Waals surface area (Å²) in [6.07, 6.45) is 1.95. The summed E-state index contributed by atoms with van der Waals surface area (Å²) in [7, 11) is 0. The van der Waals surface area contributed by atoms with Gasteiger partial charge in [-0.15, -0.1) is 0 Å². The lowest BCUT2D eigenvalue weighted by Gasteiger charge is -2.02. The average Bonchev–Trinajstić information content (AvgIpc) is 3.16. The van der Waals surface area contributed by atoms with Crippen molar-refractivity contribution in [1.29, 1.82) is 0 Å². The minimum absolute atomic E-state index is 0.0567. The SMILES string of the molecule is Cc1ccc2c(CC(=O)NCc3nc4ccccc4[nH]3)coc2c1. The van der Waals surface area contributed by atoms with Gasteiger partial charge in [-0.2, -0.15) is 0 Å². The number of furan rings is 1. The van der Waals surface area contributed by atoms with E-state index in [1.165, 1.54) is 0 Å². The van der Waals surface area contributed by atoms with Crippen LogP contribution in [0.4, 0.5) is 0 Å². The fourth-order valence-corrected chi connectivity index (χ4v) is 2.83. The van der Waals surface area contributed by atoms with Gasteiger partial charge in [-0.3, -0.25) is 4.79 Å². The molecule has 0 bridgehead atoms. The van der Waals surface area contributed by atoms with E-state index in [0.717, 1.165) is 39.0 Å². The molecule has 0 fully saturated rings. The number of hydrogen-bond acceptors (Lipinski definition) is 3. The van der Waals surface area contributed by atoms with Gasteiger partial charge in [0.2, 0.25) is 5.91 Å². The van der Waals surface area contributed by atoms with Gasteiger partial charge in [0.1, 0.15) is 11.4 Å². The molecule has 5 heteroatoms. The van der Waals surface area contributed by atoms with Crippen molar-refractivity contribution < 1.29 is 9.21 Å². The van der Waals surface area contributed by atoms with Crippen molar-refractivity contribution in [1.82, 2.24) is 15.3 Å². The van der Waals surface area contributed by atoms with Crippen LogP contribution in [-0.4, -0.2) is 15.9 Å². The van der Waals surface area contributed by atoms with E-state index in [4.69, 9.17) is 4.42 Å². The van der Waals surface area contributed by atoms with Crippen LogP contribution in [0.5, 0.6) is 0 Å². The van der Waals surface area contributed by atoms with E-state index in [-0.39, 0.29) is 12.3 Å². The third-order valence-corrected chi connectivity index (χ3v) is 4.05. The van der Waals surface area contributed by atoms with E-state index in [1.54, 1.807) is 6.26 Å². The third kappa shape index (κ3) is 2.76. The van der Waals surface area contributed by atoms with Gasteiger partial charge in [-0.25, -0.2) is 4.98 Å². The fourth-order valence-electron chi connectivity index (χ4n) is 2.83. The first kappa shape index (κ1) is 14.5. The zero-order valence-electron chi connectivity index (χ0n) is 13.3. The molecule has 0 atom stereocenters. The monoisotopic (exact) mass is 319 g/mol. The molecule has 120 valence electrons. The highest BCUT2D eigenvalue weighted by molar-refractivity contribution is 5.88. The van der Waals surface area contributed by atoms with Crippen molar-refractivity contribution >= 4 is 27.9 Å². The summed E-state index contributed by atoms with van der Waals surface area (Å²) in [4.78, 5) is 19.9. The maximum absolute atomic E-state index is 12.2. The fraction of sp³-hybridized carbons (Fsp3) is 0.158. The van der Waals surface area contributed by atoms with Crippen LogP contribution >= 0.6 is 0 Å². The predicted octanol–water partition coefficient (Wildman–Crippen LogP) is 3.48. The topological polar surface area (TPSA) is 70.9 Å². The van der Waals surface area contributed by atoms with Gasteiger partial charge in [-0.1, -0.05) is 24.3 Å². The van der Waals surface area contributed by atoms with E-state index < -0.39 is 0 Å². The Morgan fingerprint density at radius 3 is 3.00 bits per heavy atom. The molecule has 0 unspecified atom stereocenters. The van der Waals surface area contributed by atoms with E-state index >= 15 is 0 Å². The van der Waals surface area contributed by atoms with Crippen molar-refractivity contribution in [2.24, 2.45) is 0 Å². The van der Waals surface area contributed by atoms with E-state index in [2.05, 4.69) is 15.3 Å². The van der Waals surface area contributed by atoms with Gasteiger partial charge in [0, 0.05) is 10.9 Å². The first-order valence-corrected chi connectivity index (χ1v) is 7.86. The smallest absolute Gasteiger partial charge is 0.224 e. The lowest BCUT2D eigenvalue weighted by Crippen LogP contribution is -2.25. The Labute approximate surface area is 138 Å². The Morgan fingerprint density at radius 1 is 1.25 bits per heavy atom. The number of para-hydroxylation sites is 2. The molecule has 0 spiro atoms. The number of hydrogen-bond donors (Lipinski definition) is 2. The summed E-state index contributed by atoms with van der Waals surface area (Å²) in [5, 5.41) is 3.89. The zero-order valence-corrected chi connectivity index (χ0v) is 13.3. The number of carbonyl (C=O) groups is 1. The maximum atomic E-state index is 12.2. The van der Waals surface area contributed by atoms with Crippen molar-refractivity contribution in [2.75, 3.05) is 0 Å². The molecule has 4 aromatic rings. The quantitative estimate of drug-likeness (QED) is 0.605. The lowest BCUT2D eigenvalue weighted by atomic mass is 10.1. The molecule has 2 N–H and O–H groups in total. The van der Waals surface area contributed by atoms with Crippen LogP contribution in [0.2, 0.25) is 0 Å².